The zero-order valence-corrected chi connectivity index (χ0v) is 16.3. The number of anilines is 1. The van der Waals surface area contributed by atoms with Gasteiger partial charge >= 0.3 is 18.0 Å². The molecular formula is C21H23F3N4O2. The first-order valence-electron chi connectivity index (χ1n) is 9.69. The second-order valence-corrected chi connectivity index (χ2v) is 7.32. The van der Waals surface area contributed by atoms with Crippen LogP contribution in [0.1, 0.15) is 24.0 Å². The summed E-state index contributed by atoms with van der Waals surface area (Å²) in [6.07, 6.45) is 0.831. The van der Waals surface area contributed by atoms with E-state index in [4.69, 9.17) is 0 Å². The van der Waals surface area contributed by atoms with Crippen LogP contribution in [0.15, 0.2) is 48.8 Å². The van der Waals surface area contributed by atoms with Crippen molar-refractivity contribution in [1.82, 2.24) is 15.2 Å². The van der Waals surface area contributed by atoms with Crippen LogP contribution in [-0.2, 0) is 22.3 Å². The van der Waals surface area contributed by atoms with Gasteiger partial charge in [-0.3, -0.25) is 19.5 Å². The summed E-state index contributed by atoms with van der Waals surface area (Å²) in [5.74, 6) is -1.59. The third-order valence-electron chi connectivity index (χ3n) is 5.04. The summed E-state index contributed by atoms with van der Waals surface area (Å²) in [6, 6.07) is 8.11. The third-order valence-corrected chi connectivity index (χ3v) is 5.04. The lowest BCUT2D eigenvalue weighted by Crippen LogP contribution is -2.41. The van der Waals surface area contributed by atoms with Crippen molar-refractivity contribution in [3.05, 3.63) is 59.9 Å². The molecule has 6 nitrogen and oxygen atoms in total. The van der Waals surface area contributed by atoms with E-state index >= 15 is 0 Å². The van der Waals surface area contributed by atoms with Crippen molar-refractivity contribution in [2.45, 2.75) is 25.6 Å². The largest absolute Gasteiger partial charge is 0.416 e. The zero-order valence-electron chi connectivity index (χ0n) is 16.3. The highest BCUT2D eigenvalue weighted by Crippen LogP contribution is 2.30. The number of rotatable bonds is 5. The van der Waals surface area contributed by atoms with Crippen LogP contribution in [0.4, 0.5) is 18.9 Å². The Bertz CT molecular complexity index is 866. The van der Waals surface area contributed by atoms with Crippen molar-refractivity contribution in [3.8, 4) is 0 Å². The molecule has 1 aliphatic heterocycles. The van der Waals surface area contributed by atoms with E-state index in [1.807, 2.05) is 18.3 Å². The third kappa shape index (κ3) is 6.28. The number of nitrogens with zero attached hydrogens (tertiary/aromatic N) is 2. The Balaban J connectivity index is 1.41. The molecule has 2 heterocycles. The van der Waals surface area contributed by atoms with Crippen LogP contribution in [0.2, 0.25) is 0 Å². The van der Waals surface area contributed by atoms with Crippen molar-refractivity contribution in [2.24, 2.45) is 5.92 Å². The molecule has 0 atom stereocenters. The number of halogens is 3. The van der Waals surface area contributed by atoms with Crippen molar-refractivity contribution < 1.29 is 22.8 Å². The van der Waals surface area contributed by atoms with E-state index in [2.05, 4.69) is 20.5 Å². The van der Waals surface area contributed by atoms with Crippen LogP contribution in [0.3, 0.4) is 0 Å². The van der Waals surface area contributed by atoms with Gasteiger partial charge in [-0.05, 0) is 61.7 Å². The summed E-state index contributed by atoms with van der Waals surface area (Å²) < 4.78 is 38.2. The number of piperidine rings is 1. The maximum absolute atomic E-state index is 12.7. The number of nitrogens with one attached hydrogen (secondary N) is 2. The predicted octanol–water partition coefficient (Wildman–Crippen LogP) is 3.07. The van der Waals surface area contributed by atoms with Crippen molar-refractivity contribution >= 4 is 17.5 Å². The average Bonchev–Trinajstić information content (AvgIpc) is 2.73. The van der Waals surface area contributed by atoms with Crippen LogP contribution in [0.5, 0.6) is 0 Å². The van der Waals surface area contributed by atoms with Gasteiger partial charge < -0.3 is 10.6 Å². The van der Waals surface area contributed by atoms with E-state index in [0.29, 0.717) is 6.54 Å². The maximum Gasteiger partial charge on any atom is 0.416 e. The molecule has 2 N–H and O–H groups in total. The molecule has 160 valence electrons. The molecule has 9 heteroatoms. The second kappa shape index (κ2) is 9.71. The smallest absolute Gasteiger partial charge is 0.348 e. The van der Waals surface area contributed by atoms with E-state index in [9.17, 15) is 22.8 Å². The Kier molecular flexibility index (Phi) is 7.04. The number of amides is 2. The average molecular weight is 420 g/mol. The number of aromatic nitrogens is 1. The molecule has 0 aliphatic carbocycles. The van der Waals surface area contributed by atoms with E-state index in [-0.39, 0.29) is 11.6 Å². The number of hydrogen-bond acceptors (Lipinski definition) is 4. The molecule has 1 saturated heterocycles. The SMILES string of the molecule is O=C(NCC1CCN(Cc2cccnc2)CC1)C(=O)Nc1cccc(C(F)(F)F)c1. The molecule has 1 fully saturated rings. The summed E-state index contributed by atoms with van der Waals surface area (Å²) in [7, 11) is 0. The molecule has 2 aromatic rings. The monoisotopic (exact) mass is 420 g/mol. The molecule has 2 amide bonds. The normalized spacial score (nSPS) is 15.6. The van der Waals surface area contributed by atoms with E-state index in [1.54, 1.807) is 6.20 Å². The van der Waals surface area contributed by atoms with Crippen LogP contribution in [-0.4, -0.2) is 41.3 Å². The van der Waals surface area contributed by atoms with E-state index < -0.39 is 23.6 Å². The number of hydrogen-bond donors (Lipinski definition) is 2. The fourth-order valence-corrected chi connectivity index (χ4v) is 3.38. The summed E-state index contributed by atoms with van der Waals surface area (Å²) in [6.45, 7) is 2.94. The minimum atomic E-state index is -4.52. The van der Waals surface area contributed by atoms with Crippen LogP contribution < -0.4 is 10.6 Å². The van der Waals surface area contributed by atoms with Gasteiger partial charge in [-0.25, -0.2) is 0 Å². The predicted molar refractivity (Wildman–Crippen MR) is 105 cm³/mol. The number of benzene rings is 1. The Hall–Kier alpha value is -2.94. The fraction of sp³-hybridized carbons (Fsp3) is 0.381. The van der Waals surface area contributed by atoms with Gasteiger partial charge in [-0.15, -0.1) is 0 Å². The Morgan fingerprint density at radius 2 is 1.87 bits per heavy atom. The molecule has 3 rings (SSSR count). The fourth-order valence-electron chi connectivity index (χ4n) is 3.38. The number of carbonyl (C=O) groups excluding carboxylic acids is 2. The van der Waals surface area contributed by atoms with Gasteiger partial charge in [0.2, 0.25) is 0 Å². The van der Waals surface area contributed by atoms with E-state index in [1.165, 1.54) is 12.1 Å². The standard InChI is InChI=1S/C21H23F3N4O2/c22-21(23,24)17-4-1-5-18(11-17)27-20(30)19(29)26-13-15-6-9-28(10-7-15)14-16-3-2-8-25-12-16/h1-5,8,11-12,15H,6-7,9-10,13-14H2,(H,26,29)(H,27,30). The van der Waals surface area contributed by atoms with Crippen molar-refractivity contribution in [3.63, 3.8) is 0 Å². The van der Waals surface area contributed by atoms with Gasteiger partial charge in [0.1, 0.15) is 0 Å². The zero-order chi connectivity index (χ0) is 21.6. The molecule has 1 aliphatic rings. The molecule has 0 unspecified atom stereocenters. The Morgan fingerprint density at radius 1 is 1.10 bits per heavy atom. The number of pyridine rings is 1. The molecule has 1 aromatic carbocycles. The summed E-state index contributed by atoms with van der Waals surface area (Å²) in [4.78, 5) is 30.4. The Labute approximate surface area is 172 Å². The number of alkyl halides is 3. The minimum absolute atomic E-state index is 0.0753. The Morgan fingerprint density at radius 3 is 2.53 bits per heavy atom. The summed E-state index contributed by atoms with van der Waals surface area (Å²) in [5.41, 5.74) is 0.183. The lowest BCUT2D eigenvalue weighted by molar-refractivity contribution is -0.137. The van der Waals surface area contributed by atoms with Gasteiger partial charge in [0.05, 0.1) is 5.56 Å². The highest BCUT2D eigenvalue weighted by atomic mass is 19.4. The molecule has 30 heavy (non-hydrogen) atoms. The lowest BCUT2D eigenvalue weighted by Gasteiger charge is -2.31. The first kappa shape index (κ1) is 21.8. The first-order chi connectivity index (χ1) is 14.3. The van der Waals surface area contributed by atoms with Crippen LogP contribution in [0.25, 0.3) is 0 Å². The summed E-state index contributed by atoms with van der Waals surface area (Å²) >= 11 is 0. The van der Waals surface area contributed by atoms with Gasteiger partial charge in [-0.2, -0.15) is 13.2 Å². The molecule has 0 radical (unpaired) electrons. The molecular weight excluding hydrogens is 397 g/mol. The first-order valence-corrected chi connectivity index (χ1v) is 9.69. The van der Waals surface area contributed by atoms with Crippen molar-refractivity contribution in [2.75, 3.05) is 25.0 Å². The van der Waals surface area contributed by atoms with Gasteiger partial charge in [0.25, 0.3) is 0 Å². The minimum Gasteiger partial charge on any atom is -0.348 e. The lowest BCUT2D eigenvalue weighted by atomic mass is 9.96. The quantitative estimate of drug-likeness (QED) is 0.730. The topological polar surface area (TPSA) is 74.3 Å². The number of likely N-dealkylation sites (tertiary alicyclic amines) is 1. The highest BCUT2D eigenvalue weighted by molar-refractivity contribution is 6.39. The van der Waals surface area contributed by atoms with E-state index in [0.717, 1.165) is 50.2 Å². The van der Waals surface area contributed by atoms with Crippen LogP contribution >= 0.6 is 0 Å². The second-order valence-electron chi connectivity index (χ2n) is 7.32. The van der Waals surface area contributed by atoms with Gasteiger partial charge in [-0.1, -0.05) is 12.1 Å². The van der Waals surface area contributed by atoms with Gasteiger partial charge in [0.15, 0.2) is 0 Å². The van der Waals surface area contributed by atoms with Crippen LogP contribution in [0, 0.1) is 5.92 Å². The van der Waals surface area contributed by atoms with Gasteiger partial charge in [0, 0.05) is 31.2 Å². The molecule has 0 bridgehead atoms. The molecule has 0 saturated carbocycles. The number of carbonyl (C=O) groups is 2. The summed E-state index contributed by atoms with van der Waals surface area (Å²) in [5, 5.41) is 4.79. The molecule has 0 spiro atoms. The molecule has 1 aromatic heterocycles. The maximum atomic E-state index is 12.7. The van der Waals surface area contributed by atoms with Crippen molar-refractivity contribution in [1.29, 1.82) is 0 Å². The highest BCUT2D eigenvalue weighted by Gasteiger charge is 2.30.